The number of likely N-dealkylation sites (tertiary alicyclic amines) is 1. The van der Waals surface area contributed by atoms with Crippen LogP contribution in [0.15, 0.2) is 0 Å². The molecule has 3 heteroatoms. The van der Waals surface area contributed by atoms with Gasteiger partial charge in [-0.1, -0.05) is 20.8 Å². The second kappa shape index (κ2) is 8.13. The van der Waals surface area contributed by atoms with Gasteiger partial charge in [0.15, 0.2) is 0 Å². The number of piperidine rings is 1. The summed E-state index contributed by atoms with van der Waals surface area (Å²) in [7, 11) is 0. The van der Waals surface area contributed by atoms with Gasteiger partial charge < -0.3 is 15.3 Å². The van der Waals surface area contributed by atoms with E-state index in [2.05, 4.69) is 31.0 Å². The van der Waals surface area contributed by atoms with Crippen LogP contribution in [0.25, 0.3) is 0 Å². The summed E-state index contributed by atoms with van der Waals surface area (Å²) in [5.41, 5.74) is -0.0455. The second-order valence-corrected chi connectivity index (χ2v) is 5.97. The Morgan fingerprint density at radius 1 is 1.39 bits per heavy atom. The van der Waals surface area contributed by atoms with Crippen LogP contribution in [0.2, 0.25) is 0 Å². The lowest BCUT2D eigenvalue weighted by Crippen LogP contribution is -2.48. The molecule has 1 rings (SSSR count). The van der Waals surface area contributed by atoms with Crippen LogP contribution >= 0.6 is 0 Å². The number of nitrogens with zero attached hydrogens (tertiary/aromatic N) is 1. The number of hydrogen-bond donors (Lipinski definition) is 2. The molecule has 0 amide bonds. The summed E-state index contributed by atoms with van der Waals surface area (Å²) in [6, 6.07) is 0. The molecule has 2 unspecified atom stereocenters. The summed E-state index contributed by atoms with van der Waals surface area (Å²) in [5.74, 6) is 0.862. The minimum Gasteiger partial charge on any atom is -0.394 e. The highest BCUT2D eigenvalue weighted by Crippen LogP contribution is 2.19. The van der Waals surface area contributed by atoms with E-state index >= 15 is 0 Å². The van der Waals surface area contributed by atoms with Crippen LogP contribution < -0.4 is 5.32 Å². The smallest absolute Gasteiger partial charge is 0.0613 e. The fraction of sp³-hybridized carbons (Fsp3) is 1.00. The van der Waals surface area contributed by atoms with Gasteiger partial charge in [-0.05, 0) is 57.7 Å². The van der Waals surface area contributed by atoms with E-state index in [1.807, 2.05) is 0 Å². The number of nitrogens with one attached hydrogen (secondary N) is 1. The zero-order chi connectivity index (χ0) is 13.4. The molecule has 108 valence electrons. The largest absolute Gasteiger partial charge is 0.394 e. The maximum Gasteiger partial charge on any atom is 0.0613 e. The minimum atomic E-state index is -0.0455. The highest BCUT2D eigenvalue weighted by Gasteiger charge is 2.26. The molecule has 0 bridgehead atoms. The molecule has 1 saturated heterocycles. The summed E-state index contributed by atoms with van der Waals surface area (Å²) >= 11 is 0. The molecular formula is C15H32N2O. The van der Waals surface area contributed by atoms with Crippen molar-refractivity contribution >= 4 is 0 Å². The molecule has 18 heavy (non-hydrogen) atoms. The van der Waals surface area contributed by atoms with Crippen molar-refractivity contribution in [3.05, 3.63) is 0 Å². The molecule has 0 aromatic rings. The Morgan fingerprint density at radius 2 is 2.17 bits per heavy atom. The van der Waals surface area contributed by atoms with Gasteiger partial charge in [-0.2, -0.15) is 0 Å². The standard InChI is InChI=1S/C15H32N2O/c1-4-15(13-18,16-5-2)9-7-11-17-10-6-8-14(3)12-17/h14,16,18H,4-13H2,1-3H3. The first-order valence-electron chi connectivity index (χ1n) is 7.74. The molecule has 2 atom stereocenters. The van der Waals surface area contributed by atoms with E-state index in [4.69, 9.17) is 0 Å². The molecule has 0 aromatic heterocycles. The van der Waals surface area contributed by atoms with E-state index < -0.39 is 0 Å². The SMILES string of the molecule is CCNC(CC)(CO)CCCN1CCCC(C)C1. The van der Waals surface area contributed by atoms with Gasteiger partial charge in [-0.25, -0.2) is 0 Å². The number of likely N-dealkylation sites (N-methyl/N-ethyl adjacent to an activating group) is 1. The summed E-state index contributed by atoms with van der Waals surface area (Å²) in [4.78, 5) is 2.60. The van der Waals surface area contributed by atoms with E-state index in [-0.39, 0.29) is 12.1 Å². The highest BCUT2D eigenvalue weighted by atomic mass is 16.3. The van der Waals surface area contributed by atoms with Crippen molar-refractivity contribution in [3.8, 4) is 0 Å². The molecule has 1 heterocycles. The van der Waals surface area contributed by atoms with Crippen LogP contribution in [0.4, 0.5) is 0 Å². The first-order valence-corrected chi connectivity index (χ1v) is 7.74. The Hall–Kier alpha value is -0.120. The van der Waals surface area contributed by atoms with Crippen molar-refractivity contribution in [1.29, 1.82) is 0 Å². The van der Waals surface area contributed by atoms with Crippen molar-refractivity contribution in [2.75, 3.05) is 32.8 Å². The fourth-order valence-electron chi connectivity index (χ4n) is 3.14. The minimum absolute atomic E-state index is 0.0455. The highest BCUT2D eigenvalue weighted by molar-refractivity contribution is 4.86. The van der Waals surface area contributed by atoms with Crippen LogP contribution in [0, 0.1) is 5.92 Å². The lowest BCUT2D eigenvalue weighted by atomic mass is 9.90. The van der Waals surface area contributed by atoms with Gasteiger partial charge in [0.1, 0.15) is 0 Å². The Bertz CT molecular complexity index is 217. The number of hydrogen-bond acceptors (Lipinski definition) is 3. The third-order valence-corrected chi connectivity index (χ3v) is 4.40. The first-order chi connectivity index (χ1) is 8.65. The third-order valence-electron chi connectivity index (χ3n) is 4.40. The third kappa shape index (κ3) is 4.87. The lowest BCUT2D eigenvalue weighted by molar-refractivity contribution is 0.131. The van der Waals surface area contributed by atoms with Crippen molar-refractivity contribution in [2.24, 2.45) is 5.92 Å². The van der Waals surface area contributed by atoms with E-state index in [1.54, 1.807) is 0 Å². The molecule has 1 fully saturated rings. The van der Waals surface area contributed by atoms with Gasteiger partial charge in [0.05, 0.1) is 6.61 Å². The molecule has 0 saturated carbocycles. The van der Waals surface area contributed by atoms with Gasteiger partial charge in [0.25, 0.3) is 0 Å². The van der Waals surface area contributed by atoms with Gasteiger partial charge in [-0.3, -0.25) is 0 Å². The molecule has 0 aliphatic carbocycles. The van der Waals surface area contributed by atoms with Crippen LogP contribution in [-0.2, 0) is 0 Å². The van der Waals surface area contributed by atoms with Crippen LogP contribution in [0.3, 0.4) is 0 Å². The predicted molar refractivity (Wildman–Crippen MR) is 77.9 cm³/mol. The maximum absolute atomic E-state index is 9.61. The summed E-state index contributed by atoms with van der Waals surface area (Å²) in [6.07, 6.45) is 6.03. The molecule has 1 aliphatic heterocycles. The molecule has 0 radical (unpaired) electrons. The Balaban J connectivity index is 2.29. The number of aliphatic hydroxyl groups excluding tert-OH is 1. The van der Waals surface area contributed by atoms with Crippen molar-refractivity contribution in [2.45, 2.75) is 58.4 Å². The van der Waals surface area contributed by atoms with Crippen LogP contribution in [0.1, 0.15) is 52.9 Å². The van der Waals surface area contributed by atoms with E-state index in [0.29, 0.717) is 0 Å². The van der Waals surface area contributed by atoms with Crippen molar-refractivity contribution in [3.63, 3.8) is 0 Å². The summed E-state index contributed by atoms with van der Waals surface area (Å²) in [5, 5.41) is 13.1. The molecule has 0 spiro atoms. The average Bonchev–Trinajstić information content (AvgIpc) is 2.38. The molecule has 0 aromatic carbocycles. The number of rotatable bonds is 8. The van der Waals surface area contributed by atoms with E-state index in [1.165, 1.54) is 38.9 Å². The van der Waals surface area contributed by atoms with E-state index in [0.717, 1.165) is 25.3 Å². The second-order valence-electron chi connectivity index (χ2n) is 5.97. The molecule has 3 nitrogen and oxygen atoms in total. The Labute approximate surface area is 113 Å². The van der Waals surface area contributed by atoms with Crippen molar-refractivity contribution in [1.82, 2.24) is 10.2 Å². The van der Waals surface area contributed by atoms with Gasteiger partial charge in [0.2, 0.25) is 0 Å². The maximum atomic E-state index is 9.61. The molecular weight excluding hydrogens is 224 g/mol. The Kier molecular flexibility index (Phi) is 7.20. The van der Waals surface area contributed by atoms with Crippen LogP contribution in [-0.4, -0.2) is 48.3 Å². The lowest BCUT2D eigenvalue weighted by Gasteiger charge is -2.34. The zero-order valence-electron chi connectivity index (χ0n) is 12.5. The zero-order valence-corrected chi connectivity index (χ0v) is 12.5. The molecule has 2 N–H and O–H groups in total. The molecule has 1 aliphatic rings. The fourth-order valence-corrected chi connectivity index (χ4v) is 3.14. The van der Waals surface area contributed by atoms with E-state index in [9.17, 15) is 5.11 Å². The van der Waals surface area contributed by atoms with Crippen LogP contribution in [0.5, 0.6) is 0 Å². The number of aliphatic hydroxyl groups is 1. The summed E-state index contributed by atoms with van der Waals surface area (Å²) < 4.78 is 0. The summed E-state index contributed by atoms with van der Waals surface area (Å²) in [6.45, 7) is 11.6. The van der Waals surface area contributed by atoms with Gasteiger partial charge in [-0.15, -0.1) is 0 Å². The predicted octanol–water partition coefficient (Wildman–Crippen LogP) is 2.25. The van der Waals surface area contributed by atoms with Gasteiger partial charge >= 0.3 is 0 Å². The normalized spacial score (nSPS) is 25.0. The quantitative estimate of drug-likeness (QED) is 0.699. The Morgan fingerprint density at radius 3 is 2.72 bits per heavy atom. The van der Waals surface area contributed by atoms with Crippen molar-refractivity contribution < 1.29 is 5.11 Å². The van der Waals surface area contributed by atoms with Gasteiger partial charge in [0, 0.05) is 12.1 Å². The topological polar surface area (TPSA) is 35.5 Å². The monoisotopic (exact) mass is 256 g/mol. The first kappa shape index (κ1) is 15.9. The average molecular weight is 256 g/mol.